The number of rotatable bonds is 7. The molecule has 1 atom stereocenters. The number of hydrogen-bond acceptors (Lipinski definition) is 3. The number of carbonyl (C=O) groups excluding carboxylic acids is 1. The fraction of sp³-hybridized carbons (Fsp3) is 0.733. The van der Waals surface area contributed by atoms with E-state index in [9.17, 15) is 14.7 Å². The van der Waals surface area contributed by atoms with E-state index >= 15 is 0 Å². The summed E-state index contributed by atoms with van der Waals surface area (Å²) in [5, 5.41) is 9.54. The molecule has 4 heteroatoms. The molecule has 4 nitrogen and oxygen atoms in total. The highest BCUT2D eigenvalue weighted by molar-refractivity contribution is 5.98. The van der Waals surface area contributed by atoms with Crippen LogP contribution in [-0.4, -0.2) is 23.1 Å². The summed E-state index contributed by atoms with van der Waals surface area (Å²) in [7, 11) is 0. The van der Waals surface area contributed by atoms with E-state index in [2.05, 4.69) is 0 Å². The van der Waals surface area contributed by atoms with Gasteiger partial charge in [-0.25, -0.2) is 4.79 Å². The van der Waals surface area contributed by atoms with E-state index < -0.39 is 17.4 Å². The van der Waals surface area contributed by atoms with Crippen molar-refractivity contribution in [3.8, 4) is 0 Å². The molecule has 0 spiro atoms. The normalized spacial score (nSPS) is 12.7. The lowest BCUT2D eigenvalue weighted by Gasteiger charge is -2.30. The van der Waals surface area contributed by atoms with Crippen molar-refractivity contribution in [2.75, 3.05) is 0 Å². The lowest BCUT2D eigenvalue weighted by molar-refractivity contribution is -0.154. The van der Waals surface area contributed by atoms with E-state index in [0.717, 1.165) is 0 Å². The monoisotopic (exact) mass is 270 g/mol. The number of carboxylic acid groups (broad SMARTS) is 1. The van der Waals surface area contributed by atoms with Crippen molar-refractivity contribution >= 4 is 11.9 Å². The third-order valence-electron chi connectivity index (χ3n) is 3.68. The van der Waals surface area contributed by atoms with E-state index in [0.29, 0.717) is 30.4 Å². The maximum absolute atomic E-state index is 12.3. The average Bonchev–Trinajstić information content (AvgIpc) is 2.34. The third-order valence-corrected chi connectivity index (χ3v) is 3.68. The van der Waals surface area contributed by atoms with E-state index in [1.165, 1.54) is 0 Å². The van der Waals surface area contributed by atoms with Gasteiger partial charge in [-0.15, -0.1) is 0 Å². The zero-order valence-electron chi connectivity index (χ0n) is 12.9. The van der Waals surface area contributed by atoms with Crippen molar-refractivity contribution < 1.29 is 19.4 Å². The zero-order chi connectivity index (χ0) is 15.2. The van der Waals surface area contributed by atoms with Crippen LogP contribution in [0.25, 0.3) is 0 Å². The van der Waals surface area contributed by atoms with Crippen LogP contribution in [0, 0.1) is 5.41 Å². The quantitative estimate of drug-likeness (QED) is 0.567. The molecular weight excluding hydrogens is 244 g/mol. The molecular formula is C15H26O4. The van der Waals surface area contributed by atoms with Gasteiger partial charge in [-0.3, -0.25) is 4.79 Å². The second kappa shape index (κ2) is 7.31. The van der Waals surface area contributed by atoms with Crippen molar-refractivity contribution in [3.05, 3.63) is 11.1 Å². The topological polar surface area (TPSA) is 63.6 Å². The first kappa shape index (κ1) is 17.7. The summed E-state index contributed by atoms with van der Waals surface area (Å²) in [5.41, 5.74) is -0.145. The fourth-order valence-electron chi connectivity index (χ4n) is 2.22. The maximum Gasteiger partial charge on any atom is 0.335 e. The molecule has 0 aromatic rings. The zero-order valence-corrected chi connectivity index (χ0v) is 12.9. The van der Waals surface area contributed by atoms with E-state index in [1.54, 1.807) is 34.6 Å². The predicted molar refractivity (Wildman–Crippen MR) is 74.9 cm³/mol. The van der Waals surface area contributed by atoms with Gasteiger partial charge in [0.2, 0.25) is 0 Å². The lowest BCUT2D eigenvalue weighted by atomic mass is 9.73. The second-order valence-electron chi connectivity index (χ2n) is 5.09. The molecule has 0 radical (unpaired) electrons. The van der Waals surface area contributed by atoms with Crippen molar-refractivity contribution in [3.63, 3.8) is 0 Å². The minimum absolute atomic E-state index is 0.206. The molecule has 19 heavy (non-hydrogen) atoms. The molecule has 0 aromatic heterocycles. The molecule has 0 aliphatic heterocycles. The van der Waals surface area contributed by atoms with E-state index in [1.807, 2.05) is 6.92 Å². The molecule has 0 aromatic carbocycles. The van der Waals surface area contributed by atoms with Gasteiger partial charge in [0, 0.05) is 0 Å². The fourth-order valence-corrected chi connectivity index (χ4v) is 2.22. The molecule has 1 N–H and O–H groups in total. The summed E-state index contributed by atoms with van der Waals surface area (Å²) in [4.78, 5) is 23.9. The van der Waals surface area contributed by atoms with Gasteiger partial charge in [-0.1, -0.05) is 26.3 Å². The lowest BCUT2D eigenvalue weighted by Crippen LogP contribution is -2.37. The maximum atomic E-state index is 12.3. The van der Waals surface area contributed by atoms with Crippen LogP contribution in [0.1, 0.15) is 60.8 Å². The summed E-state index contributed by atoms with van der Waals surface area (Å²) >= 11 is 0. The van der Waals surface area contributed by atoms with E-state index in [4.69, 9.17) is 4.74 Å². The van der Waals surface area contributed by atoms with Crippen LogP contribution in [0.5, 0.6) is 0 Å². The Balaban J connectivity index is 5.62. The summed E-state index contributed by atoms with van der Waals surface area (Å²) in [6.07, 6.45) is 1.24. The first-order chi connectivity index (χ1) is 8.76. The average molecular weight is 270 g/mol. The minimum atomic E-state index is -1.15. The first-order valence-electron chi connectivity index (χ1n) is 6.89. The Kier molecular flexibility index (Phi) is 6.81. The number of hydrogen-bond donors (Lipinski definition) is 1. The molecule has 0 saturated carbocycles. The largest absolute Gasteiger partial charge is 0.481 e. The Morgan fingerprint density at radius 1 is 1.16 bits per heavy atom. The molecule has 110 valence electrons. The van der Waals surface area contributed by atoms with Crippen molar-refractivity contribution in [1.29, 1.82) is 0 Å². The van der Waals surface area contributed by atoms with Crippen LogP contribution in [-0.2, 0) is 14.3 Å². The Labute approximate surface area is 115 Å². The van der Waals surface area contributed by atoms with Gasteiger partial charge in [-0.2, -0.15) is 0 Å². The SMILES string of the molecule is CCC(C)OC(=O)C(=C(C)C)C(CC)(CC)C(=O)O. The molecule has 0 fully saturated rings. The van der Waals surface area contributed by atoms with E-state index in [-0.39, 0.29) is 6.10 Å². The van der Waals surface area contributed by atoms with Crippen molar-refractivity contribution in [2.24, 2.45) is 5.41 Å². The number of carboxylic acids is 1. The highest BCUT2D eigenvalue weighted by Gasteiger charge is 2.43. The Morgan fingerprint density at radius 3 is 1.89 bits per heavy atom. The first-order valence-corrected chi connectivity index (χ1v) is 6.89. The van der Waals surface area contributed by atoms with Gasteiger partial charge in [0.15, 0.2) is 0 Å². The molecule has 0 aliphatic carbocycles. The van der Waals surface area contributed by atoms with Crippen LogP contribution in [0.15, 0.2) is 11.1 Å². The van der Waals surface area contributed by atoms with Crippen LogP contribution in [0.3, 0.4) is 0 Å². The molecule has 0 rings (SSSR count). The van der Waals surface area contributed by atoms with Gasteiger partial charge in [0.05, 0.1) is 17.1 Å². The molecule has 0 saturated heterocycles. The Morgan fingerprint density at radius 2 is 1.63 bits per heavy atom. The minimum Gasteiger partial charge on any atom is -0.481 e. The van der Waals surface area contributed by atoms with Gasteiger partial charge in [0.25, 0.3) is 0 Å². The molecule has 0 aliphatic rings. The molecule has 1 unspecified atom stereocenters. The highest BCUT2D eigenvalue weighted by atomic mass is 16.5. The highest BCUT2D eigenvalue weighted by Crippen LogP contribution is 2.38. The number of allylic oxidation sites excluding steroid dienone is 1. The molecule has 0 bridgehead atoms. The van der Waals surface area contributed by atoms with Gasteiger partial charge in [-0.05, 0) is 40.0 Å². The van der Waals surface area contributed by atoms with Gasteiger partial charge >= 0.3 is 11.9 Å². The number of aliphatic carboxylic acids is 1. The van der Waals surface area contributed by atoms with Crippen LogP contribution < -0.4 is 0 Å². The van der Waals surface area contributed by atoms with Crippen molar-refractivity contribution in [2.45, 2.75) is 66.9 Å². The van der Waals surface area contributed by atoms with Crippen LogP contribution in [0.2, 0.25) is 0 Å². The van der Waals surface area contributed by atoms with Crippen LogP contribution in [0.4, 0.5) is 0 Å². The summed E-state index contributed by atoms with van der Waals surface area (Å²) < 4.78 is 5.32. The predicted octanol–water partition coefficient (Wildman–Crippen LogP) is 3.56. The van der Waals surface area contributed by atoms with Crippen molar-refractivity contribution in [1.82, 2.24) is 0 Å². The molecule has 0 amide bonds. The smallest absolute Gasteiger partial charge is 0.335 e. The third kappa shape index (κ3) is 3.82. The summed E-state index contributed by atoms with van der Waals surface area (Å²) in [6.45, 7) is 10.8. The molecule has 0 heterocycles. The Bertz CT molecular complexity index is 360. The number of esters is 1. The summed E-state index contributed by atoms with van der Waals surface area (Å²) in [5.74, 6) is -1.46. The Hall–Kier alpha value is -1.32. The standard InChI is InChI=1S/C15H26O4/c1-7-11(6)19-13(16)12(10(4)5)15(8-2,9-3)14(17)18/h11H,7-9H2,1-6H3,(H,17,18). The van der Waals surface area contributed by atoms with Gasteiger partial charge in [0.1, 0.15) is 0 Å². The number of carbonyl (C=O) groups is 2. The second-order valence-corrected chi connectivity index (χ2v) is 5.09. The number of ether oxygens (including phenoxy) is 1. The van der Waals surface area contributed by atoms with Gasteiger partial charge < -0.3 is 9.84 Å². The van der Waals surface area contributed by atoms with Crippen LogP contribution >= 0.6 is 0 Å². The summed E-state index contributed by atoms with van der Waals surface area (Å²) in [6, 6.07) is 0.